The van der Waals surface area contributed by atoms with Gasteiger partial charge in [0, 0.05) is 16.2 Å². The lowest BCUT2D eigenvalue weighted by Crippen LogP contribution is -2.31. The summed E-state index contributed by atoms with van der Waals surface area (Å²) < 4.78 is 46.1. The van der Waals surface area contributed by atoms with Crippen LogP contribution in [-0.2, 0) is 16.4 Å². The number of pyridine rings is 1. The number of benzene rings is 2. The van der Waals surface area contributed by atoms with E-state index in [1.165, 1.54) is 41.4 Å². The summed E-state index contributed by atoms with van der Waals surface area (Å²) in [4.78, 5) is 18.7. The summed E-state index contributed by atoms with van der Waals surface area (Å²) in [7, 11) is -3.96. The number of carbonyl (C=O) groups is 1. The molecule has 0 fully saturated rings. The van der Waals surface area contributed by atoms with E-state index in [-0.39, 0.29) is 33.7 Å². The molecule has 2 aromatic heterocycles. The Morgan fingerprint density at radius 3 is 2.38 bits per heavy atom. The first-order valence-electron chi connectivity index (χ1n) is 9.43. The molecule has 2 aromatic carbocycles. The average Bonchev–Trinajstić information content (AvgIpc) is 3.30. The van der Waals surface area contributed by atoms with Crippen LogP contribution in [-0.4, -0.2) is 19.3 Å². The fourth-order valence-corrected chi connectivity index (χ4v) is 4.45. The van der Waals surface area contributed by atoms with Gasteiger partial charge in [-0.05, 0) is 54.6 Å². The Bertz CT molecular complexity index is 1360. The van der Waals surface area contributed by atoms with Gasteiger partial charge in [0.15, 0.2) is 5.76 Å². The van der Waals surface area contributed by atoms with Crippen molar-refractivity contribution in [1.29, 1.82) is 0 Å². The zero-order chi connectivity index (χ0) is 22.7. The van der Waals surface area contributed by atoms with Crippen molar-refractivity contribution in [2.45, 2.75) is 16.5 Å². The molecular formula is C23H16BrFN2O4S. The molecule has 0 spiro atoms. The molecule has 0 bridgehead atoms. The van der Waals surface area contributed by atoms with Crippen LogP contribution in [0.2, 0.25) is 0 Å². The number of halogens is 2. The van der Waals surface area contributed by atoms with Gasteiger partial charge in [-0.15, -0.1) is 0 Å². The van der Waals surface area contributed by atoms with E-state index in [9.17, 15) is 17.6 Å². The summed E-state index contributed by atoms with van der Waals surface area (Å²) in [5.74, 6) is -1.06. The predicted molar refractivity (Wildman–Crippen MR) is 119 cm³/mol. The molecule has 4 rings (SSSR count). The van der Waals surface area contributed by atoms with E-state index in [1.54, 1.807) is 48.5 Å². The Labute approximate surface area is 192 Å². The second-order valence-corrected chi connectivity index (χ2v) is 9.54. The highest BCUT2D eigenvalue weighted by Gasteiger charge is 2.27. The van der Waals surface area contributed by atoms with Crippen molar-refractivity contribution >= 4 is 37.5 Å². The third-order valence-corrected chi connectivity index (χ3v) is 6.81. The van der Waals surface area contributed by atoms with Crippen molar-refractivity contribution in [3.63, 3.8) is 0 Å². The minimum absolute atomic E-state index is 0.0296. The monoisotopic (exact) mass is 514 g/mol. The van der Waals surface area contributed by atoms with E-state index in [1.807, 2.05) is 0 Å². The third kappa shape index (κ3) is 4.49. The lowest BCUT2D eigenvalue weighted by molar-refractivity contribution is 0.0952. The first-order chi connectivity index (χ1) is 15.4. The molecule has 9 heteroatoms. The van der Waals surface area contributed by atoms with Crippen LogP contribution in [0.25, 0.3) is 0 Å². The molecule has 0 aliphatic heterocycles. The molecule has 0 radical (unpaired) electrons. The lowest BCUT2D eigenvalue weighted by atomic mass is 10.2. The number of hydrogen-bond donors (Lipinski definition) is 0. The van der Waals surface area contributed by atoms with Crippen LogP contribution in [0.15, 0.2) is 104 Å². The summed E-state index contributed by atoms with van der Waals surface area (Å²) in [6.45, 7) is -0.113. The number of amides is 1. The molecule has 6 nitrogen and oxygen atoms in total. The molecule has 0 unspecified atom stereocenters. The van der Waals surface area contributed by atoms with E-state index < -0.39 is 21.6 Å². The Balaban J connectivity index is 1.68. The van der Waals surface area contributed by atoms with Crippen molar-refractivity contribution < 1.29 is 22.0 Å². The number of furan rings is 1. The van der Waals surface area contributed by atoms with Crippen molar-refractivity contribution in [2.24, 2.45) is 0 Å². The van der Waals surface area contributed by atoms with Crippen molar-refractivity contribution in [1.82, 2.24) is 4.98 Å². The topological polar surface area (TPSA) is 80.5 Å². The maximum absolute atomic E-state index is 14.2. The fourth-order valence-electron chi connectivity index (χ4n) is 3.01. The van der Waals surface area contributed by atoms with Gasteiger partial charge < -0.3 is 4.42 Å². The largest absolute Gasteiger partial charge is 0.439 e. The number of hydrogen-bond acceptors (Lipinski definition) is 5. The summed E-state index contributed by atoms with van der Waals surface area (Å²) in [6, 6.07) is 19.6. The second kappa shape index (κ2) is 9.05. The number of nitrogens with zero attached hydrogens (tertiary/aromatic N) is 2. The molecule has 32 heavy (non-hydrogen) atoms. The standard InChI is InChI=1S/C23H16BrFN2O4S/c24-17-8-10-18(11-9-17)32(29,30)22-13-12-20(31-22)23(28)27(21-7-3-4-14-26-21)15-16-5-1-2-6-19(16)25/h1-14H,15H2. The first-order valence-corrected chi connectivity index (χ1v) is 11.7. The van der Waals surface area contributed by atoms with Crippen LogP contribution >= 0.6 is 15.9 Å². The van der Waals surface area contributed by atoms with Crippen LogP contribution in [0.5, 0.6) is 0 Å². The molecule has 162 valence electrons. The minimum Gasteiger partial charge on any atom is -0.439 e. The number of carbonyl (C=O) groups excluding carboxylic acids is 1. The molecule has 0 saturated heterocycles. The Kier molecular flexibility index (Phi) is 6.20. The van der Waals surface area contributed by atoms with Gasteiger partial charge in [-0.2, -0.15) is 0 Å². The van der Waals surface area contributed by atoms with Gasteiger partial charge in [0.1, 0.15) is 11.6 Å². The molecule has 0 saturated carbocycles. The minimum atomic E-state index is -3.96. The van der Waals surface area contributed by atoms with E-state index in [0.717, 1.165) is 4.47 Å². The summed E-state index contributed by atoms with van der Waals surface area (Å²) in [5, 5.41) is -0.366. The van der Waals surface area contributed by atoms with Gasteiger partial charge in [-0.25, -0.2) is 17.8 Å². The van der Waals surface area contributed by atoms with Gasteiger partial charge in [0.2, 0.25) is 14.9 Å². The summed E-state index contributed by atoms with van der Waals surface area (Å²) >= 11 is 3.26. The molecule has 0 aliphatic carbocycles. The van der Waals surface area contributed by atoms with E-state index in [0.29, 0.717) is 0 Å². The maximum atomic E-state index is 14.2. The third-order valence-electron chi connectivity index (χ3n) is 4.64. The molecule has 0 atom stereocenters. The Morgan fingerprint density at radius 2 is 1.69 bits per heavy atom. The predicted octanol–water partition coefficient (Wildman–Crippen LogP) is 5.26. The maximum Gasteiger partial charge on any atom is 0.295 e. The van der Waals surface area contributed by atoms with Gasteiger partial charge >= 0.3 is 0 Å². The second-order valence-electron chi connectivity index (χ2n) is 6.75. The molecular weight excluding hydrogens is 499 g/mol. The average molecular weight is 515 g/mol. The molecule has 0 N–H and O–H groups in total. The first kappa shape index (κ1) is 21.9. The zero-order valence-corrected chi connectivity index (χ0v) is 18.9. The van der Waals surface area contributed by atoms with Crippen molar-refractivity contribution in [3.8, 4) is 0 Å². The molecule has 0 aliphatic rings. The highest BCUT2D eigenvalue weighted by molar-refractivity contribution is 9.10. The van der Waals surface area contributed by atoms with Crippen LogP contribution in [0.4, 0.5) is 10.2 Å². The number of aromatic nitrogens is 1. The number of rotatable bonds is 6. The lowest BCUT2D eigenvalue weighted by Gasteiger charge is -2.21. The SMILES string of the molecule is O=C(c1ccc(S(=O)(=O)c2ccc(Br)cc2)o1)N(Cc1ccccc1F)c1ccccn1. The van der Waals surface area contributed by atoms with E-state index in [4.69, 9.17) is 4.42 Å². The van der Waals surface area contributed by atoms with Gasteiger partial charge in [-0.1, -0.05) is 40.2 Å². The smallest absolute Gasteiger partial charge is 0.295 e. The van der Waals surface area contributed by atoms with Crippen molar-refractivity contribution in [3.05, 3.63) is 107 Å². The van der Waals surface area contributed by atoms with Gasteiger partial charge in [0.05, 0.1) is 11.4 Å². The van der Waals surface area contributed by atoms with Crippen LogP contribution in [0.1, 0.15) is 16.1 Å². The van der Waals surface area contributed by atoms with Crippen LogP contribution < -0.4 is 4.90 Å². The number of sulfone groups is 1. The fraction of sp³-hybridized carbons (Fsp3) is 0.0435. The van der Waals surface area contributed by atoms with Gasteiger partial charge in [0.25, 0.3) is 5.91 Å². The molecule has 4 aromatic rings. The molecule has 2 heterocycles. The highest BCUT2D eigenvalue weighted by atomic mass is 79.9. The van der Waals surface area contributed by atoms with E-state index in [2.05, 4.69) is 20.9 Å². The highest BCUT2D eigenvalue weighted by Crippen LogP contribution is 2.26. The zero-order valence-electron chi connectivity index (χ0n) is 16.5. The number of anilines is 1. The Hall–Kier alpha value is -3.30. The molecule has 1 amide bonds. The van der Waals surface area contributed by atoms with E-state index >= 15 is 0 Å². The Morgan fingerprint density at radius 1 is 0.969 bits per heavy atom. The van der Waals surface area contributed by atoms with Crippen LogP contribution in [0, 0.1) is 5.82 Å². The van der Waals surface area contributed by atoms with Gasteiger partial charge in [-0.3, -0.25) is 9.69 Å². The quantitative estimate of drug-likeness (QED) is 0.350. The summed E-state index contributed by atoms with van der Waals surface area (Å²) in [6.07, 6.45) is 1.50. The normalized spacial score (nSPS) is 11.3. The summed E-state index contributed by atoms with van der Waals surface area (Å²) in [5.41, 5.74) is 0.278. The van der Waals surface area contributed by atoms with Crippen molar-refractivity contribution in [2.75, 3.05) is 4.90 Å². The van der Waals surface area contributed by atoms with Crippen LogP contribution in [0.3, 0.4) is 0 Å².